The summed E-state index contributed by atoms with van der Waals surface area (Å²) in [5.74, 6) is -0.148. The summed E-state index contributed by atoms with van der Waals surface area (Å²) in [6.45, 7) is 9.20. The van der Waals surface area contributed by atoms with Crippen LogP contribution in [0.25, 0.3) is 0 Å². The van der Waals surface area contributed by atoms with Crippen molar-refractivity contribution in [3.63, 3.8) is 0 Å². The Morgan fingerprint density at radius 1 is 1.00 bits per heavy atom. The SMILES string of the molecule is C=CC(N)=O.CC(C)=O.CC(C)=O.[Cl-].[NH4+]. The molecule has 0 aliphatic rings. The van der Waals surface area contributed by atoms with E-state index in [9.17, 15) is 14.4 Å². The number of hydrogen-bond acceptors (Lipinski definition) is 3. The first-order valence-corrected chi connectivity index (χ1v) is 3.60. The molecular weight excluding hydrogens is 220 g/mol. The number of halogens is 1. The monoisotopic (exact) mass is 240 g/mol. The number of nitrogens with two attached hydrogens (primary N) is 1. The van der Waals surface area contributed by atoms with E-state index in [0.29, 0.717) is 0 Å². The largest absolute Gasteiger partial charge is 1.00 e. The Hall–Kier alpha value is -1.20. The quantitative estimate of drug-likeness (QED) is 0.529. The highest BCUT2D eigenvalue weighted by Gasteiger charge is 1.69. The van der Waals surface area contributed by atoms with Crippen LogP contribution in [0.4, 0.5) is 0 Å². The second-order valence-corrected chi connectivity index (χ2v) is 2.42. The zero-order valence-corrected chi connectivity index (χ0v) is 10.7. The lowest BCUT2D eigenvalue weighted by molar-refractivity contribution is -0.115. The number of primary amides is 1. The summed E-state index contributed by atoms with van der Waals surface area (Å²) in [5, 5.41) is 0. The minimum Gasteiger partial charge on any atom is -1.00 e. The van der Waals surface area contributed by atoms with Crippen molar-refractivity contribution < 1.29 is 26.8 Å². The van der Waals surface area contributed by atoms with Crippen LogP contribution < -0.4 is 24.3 Å². The van der Waals surface area contributed by atoms with Gasteiger partial charge >= 0.3 is 0 Å². The van der Waals surface area contributed by atoms with Crippen molar-refractivity contribution in [1.82, 2.24) is 6.15 Å². The molecule has 15 heavy (non-hydrogen) atoms. The van der Waals surface area contributed by atoms with Gasteiger partial charge in [-0.25, -0.2) is 0 Å². The van der Waals surface area contributed by atoms with Crippen LogP contribution in [0.5, 0.6) is 0 Å². The summed E-state index contributed by atoms with van der Waals surface area (Å²) in [5.41, 5.74) is 4.53. The van der Waals surface area contributed by atoms with Gasteiger partial charge in [0.1, 0.15) is 11.6 Å². The Kier molecular flexibility index (Phi) is 44.8. The minimum absolute atomic E-state index is 0. The smallest absolute Gasteiger partial charge is 0.240 e. The van der Waals surface area contributed by atoms with Crippen LogP contribution in [0.2, 0.25) is 0 Å². The summed E-state index contributed by atoms with van der Waals surface area (Å²) in [7, 11) is 0. The third-order valence-electron chi connectivity index (χ3n) is 0.201. The Labute approximate surface area is 97.1 Å². The molecule has 0 atom stereocenters. The fourth-order valence-corrected chi connectivity index (χ4v) is 0. The Balaban J connectivity index is -0.0000000315. The molecule has 0 saturated carbocycles. The second-order valence-electron chi connectivity index (χ2n) is 2.42. The average molecular weight is 241 g/mol. The molecule has 1 amide bonds. The summed E-state index contributed by atoms with van der Waals surface area (Å²) in [6, 6.07) is 0. The lowest BCUT2D eigenvalue weighted by atomic mass is 10.6. The predicted molar refractivity (Wildman–Crippen MR) is 58.1 cm³/mol. The number of carbonyl (C=O) groups excluding carboxylic acids is 3. The number of rotatable bonds is 1. The number of amides is 1. The van der Waals surface area contributed by atoms with Gasteiger partial charge in [0.25, 0.3) is 0 Å². The molecule has 0 spiro atoms. The van der Waals surface area contributed by atoms with Gasteiger partial charge in [-0.05, 0) is 33.8 Å². The zero-order chi connectivity index (χ0) is 11.4. The van der Waals surface area contributed by atoms with Gasteiger partial charge in [-0.2, -0.15) is 0 Å². The first-order valence-electron chi connectivity index (χ1n) is 3.60. The summed E-state index contributed by atoms with van der Waals surface area (Å²) < 4.78 is 0. The van der Waals surface area contributed by atoms with Crippen molar-refractivity contribution >= 4 is 17.5 Å². The van der Waals surface area contributed by atoms with E-state index in [1.807, 2.05) is 0 Å². The molecule has 0 bridgehead atoms. The van der Waals surface area contributed by atoms with Gasteiger partial charge in [-0.3, -0.25) is 4.79 Å². The van der Waals surface area contributed by atoms with E-state index in [1.54, 1.807) is 0 Å². The number of quaternary nitrogens is 1. The van der Waals surface area contributed by atoms with Crippen LogP contribution in [0.3, 0.4) is 0 Å². The Morgan fingerprint density at radius 2 is 1.07 bits per heavy atom. The fourth-order valence-electron chi connectivity index (χ4n) is 0. The van der Waals surface area contributed by atoms with Crippen molar-refractivity contribution in [1.29, 1.82) is 0 Å². The third-order valence-corrected chi connectivity index (χ3v) is 0.201. The number of hydrogen-bond donors (Lipinski definition) is 2. The van der Waals surface area contributed by atoms with Crippen LogP contribution in [0.15, 0.2) is 12.7 Å². The van der Waals surface area contributed by atoms with Gasteiger partial charge in [0.05, 0.1) is 0 Å². The van der Waals surface area contributed by atoms with Crippen LogP contribution >= 0.6 is 0 Å². The van der Waals surface area contributed by atoms with Crippen LogP contribution in [0.1, 0.15) is 27.7 Å². The topological polar surface area (TPSA) is 114 Å². The molecule has 0 heterocycles. The molecule has 0 radical (unpaired) electrons. The second kappa shape index (κ2) is 23.0. The first kappa shape index (κ1) is 29.2. The summed E-state index contributed by atoms with van der Waals surface area (Å²) >= 11 is 0. The molecule has 0 unspecified atom stereocenters. The van der Waals surface area contributed by atoms with Crippen molar-refractivity contribution in [2.75, 3.05) is 0 Å². The van der Waals surface area contributed by atoms with Crippen molar-refractivity contribution in [3.05, 3.63) is 12.7 Å². The van der Waals surface area contributed by atoms with E-state index in [4.69, 9.17) is 0 Å². The molecule has 0 saturated heterocycles. The highest BCUT2D eigenvalue weighted by atomic mass is 35.5. The zero-order valence-electron chi connectivity index (χ0n) is 9.96. The minimum atomic E-state index is -0.481. The molecule has 0 aromatic heterocycles. The van der Waals surface area contributed by atoms with E-state index < -0.39 is 5.91 Å². The Bertz CT molecular complexity index is 174. The standard InChI is InChI=1S/C3H5NO.2C3H6O.ClH.H3N/c1-2-3(4)5;2*1-3(2)4;;/h2H,1H2,(H2,4,5);2*1-2H3;1H;1H3. The van der Waals surface area contributed by atoms with Gasteiger partial charge in [0, 0.05) is 0 Å². The molecule has 0 aliphatic heterocycles. The molecule has 0 aliphatic carbocycles. The number of Topliss-reactive ketones (excluding diaryl/α,β-unsaturated/α-hetero) is 2. The maximum Gasteiger partial charge on any atom is 0.240 e. The van der Waals surface area contributed by atoms with Crippen molar-refractivity contribution in [2.45, 2.75) is 27.7 Å². The Morgan fingerprint density at radius 3 is 1.07 bits per heavy atom. The van der Waals surface area contributed by atoms with Crippen LogP contribution in [-0.4, -0.2) is 17.5 Å². The lowest BCUT2D eigenvalue weighted by Crippen LogP contribution is -3.00. The molecule has 6 heteroatoms. The normalized spacial score (nSPS) is 5.60. The molecule has 0 aromatic carbocycles. The molecule has 6 N–H and O–H groups in total. The molecule has 0 fully saturated rings. The van der Waals surface area contributed by atoms with E-state index >= 15 is 0 Å². The first-order chi connectivity index (χ1) is 5.73. The highest BCUT2D eigenvalue weighted by molar-refractivity contribution is 5.84. The van der Waals surface area contributed by atoms with E-state index in [2.05, 4.69) is 12.3 Å². The van der Waals surface area contributed by atoms with E-state index in [1.165, 1.54) is 27.7 Å². The average Bonchev–Trinajstić information content (AvgIpc) is 1.84. The van der Waals surface area contributed by atoms with Crippen LogP contribution in [-0.2, 0) is 14.4 Å². The van der Waals surface area contributed by atoms with E-state index in [0.717, 1.165) is 6.08 Å². The highest BCUT2D eigenvalue weighted by Crippen LogP contribution is 1.51. The maximum absolute atomic E-state index is 9.47. The predicted octanol–water partition coefficient (Wildman–Crippen LogP) is -1.77. The molecule has 92 valence electrons. The van der Waals surface area contributed by atoms with Gasteiger partial charge in [-0.15, -0.1) is 0 Å². The van der Waals surface area contributed by atoms with E-state index in [-0.39, 0.29) is 30.1 Å². The molecule has 0 aromatic rings. The molecule has 5 nitrogen and oxygen atoms in total. The number of ketones is 2. The molecular formula is C9H21ClN2O3. The van der Waals surface area contributed by atoms with Gasteiger partial charge in [-0.1, -0.05) is 6.58 Å². The van der Waals surface area contributed by atoms with Crippen LogP contribution in [0, 0.1) is 0 Å². The summed E-state index contributed by atoms with van der Waals surface area (Å²) in [4.78, 5) is 28.4. The third kappa shape index (κ3) is 2330. The van der Waals surface area contributed by atoms with Gasteiger partial charge in [0.2, 0.25) is 5.91 Å². The van der Waals surface area contributed by atoms with Gasteiger partial charge < -0.3 is 33.9 Å². The van der Waals surface area contributed by atoms with Crippen molar-refractivity contribution in [2.24, 2.45) is 5.73 Å². The number of carbonyl (C=O) groups is 3. The lowest BCUT2D eigenvalue weighted by Gasteiger charge is -1.65. The van der Waals surface area contributed by atoms with Gasteiger partial charge in [0.15, 0.2) is 0 Å². The fraction of sp³-hybridized carbons (Fsp3) is 0.444. The van der Waals surface area contributed by atoms with Crippen molar-refractivity contribution in [3.8, 4) is 0 Å². The summed E-state index contributed by atoms with van der Waals surface area (Å²) in [6.07, 6.45) is 1.06. The molecule has 0 rings (SSSR count). The maximum atomic E-state index is 9.47.